The molecule has 0 spiro atoms. The molecule has 8 aromatic heterocycles. The molecule has 3 N–H and O–H groups in total. The molecule has 29 nitrogen and oxygen atoms in total. The van der Waals surface area contributed by atoms with Gasteiger partial charge in [-0.3, -0.25) is 19.4 Å². The van der Waals surface area contributed by atoms with Crippen molar-refractivity contribution in [1.82, 2.24) is 69.2 Å². The maximum Gasteiger partial charge on any atom is 0.494 e. The summed E-state index contributed by atoms with van der Waals surface area (Å²) in [6.45, 7) is 28.0. The van der Waals surface area contributed by atoms with Crippen LogP contribution >= 0.6 is 31.9 Å². The summed E-state index contributed by atoms with van der Waals surface area (Å²) in [7, 11) is -1.53. The summed E-state index contributed by atoms with van der Waals surface area (Å²) in [4.78, 5) is 61.2. The lowest BCUT2D eigenvalue weighted by Gasteiger charge is -2.32. The van der Waals surface area contributed by atoms with E-state index >= 15 is 0 Å². The van der Waals surface area contributed by atoms with E-state index in [4.69, 9.17) is 42.1 Å². The van der Waals surface area contributed by atoms with Crippen molar-refractivity contribution in [3.8, 4) is 63.1 Å². The highest BCUT2D eigenvalue weighted by Gasteiger charge is 2.64. The monoisotopic (exact) mass is 1700 g/mol. The maximum atomic E-state index is 13.4. The van der Waals surface area contributed by atoms with Crippen molar-refractivity contribution < 1.29 is 56.5 Å². The van der Waals surface area contributed by atoms with Gasteiger partial charge in [-0.05, 0) is 252 Å². The Balaban J connectivity index is 0.000000133. The van der Waals surface area contributed by atoms with Crippen LogP contribution in [0.3, 0.4) is 0 Å². The van der Waals surface area contributed by atoms with Gasteiger partial charge in [0.2, 0.25) is 0 Å². The van der Waals surface area contributed by atoms with Crippen LogP contribution in [0, 0.1) is 0 Å². The number of rotatable bonds is 3. The summed E-state index contributed by atoms with van der Waals surface area (Å²) in [6.07, 6.45) is 13.7. The Hall–Kier alpha value is -10.4. The zero-order valence-electron chi connectivity index (χ0n) is 66.9. The molecule has 3 saturated heterocycles. The van der Waals surface area contributed by atoms with E-state index in [0.717, 1.165) is 84.0 Å². The molecule has 0 atom stereocenters. The predicted molar refractivity (Wildman–Crippen MR) is 448 cm³/mol. The zero-order valence-corrected chi connectivity index (χ0v) is 70.0. The van der Waals surface area contributed by atoms with E-state index in [1.165, 1.54) is 0 Å². The quantitative estimate of drug-likeness (QED) is 0.109. The van der Waals surface area contributed by atoms with Crippen LogP contribution in [0.2, 0.25) is 0 Å². The van der Waals surface area contributed by atoms with Crippen LogP contribution in [0.1, 0.15) is 153 Å². The second-order valence-corrected chi connectivity index (χ2v) is 32.8. The van der Waals surface area contributed by atoms with Gasteiger partial charge in [0.05, 0.1) is 75.8 Å². The van der Waals surface area contributed by atoms with Crippen molar-refractivity contribution >= 4 is 93.6 Å². The molecular formula is C82H92B3Br2N17O12. The highest BCUT2D eigenvalue weighted by molar-refractivity contribution is 9.10. The fourth-order valence-corrected chi connectivity index (χ4v) is 13.3. The Morgan fingerprint density at radius 3 is 1.14 bits per heavy atom. The SMILES string of the molecule is Brc1ccccn1.CC1(C)OB(B2OC(C)(C)C(C)(C)O2)OC1(C)C.CC1(C)OB(c2ccc3c(c2)C(=O)Nc2cccc(n2)-c2nncn2CCCCO3)OC1(C)C.O=C1Nc2cccc(n2)-c2nncn2CCCCOc2ccc(-c3ccccn3)cc21.O=C1Nc2cccc(n2)-c2nncn2CCCCOc2ccc(Br)cc21. The number of aryl methyl sites for hydroxylation is 3. The van der Waals surface area contributed by atoms with Crippen LogP contribution in [0.4, 0.5) is 17.5 Å². The lowest BCUT2D eigenvalue weighted by atomic mass is 9.49. The highest BCUT2D eigenvalue weighted by Crippen LogP contribution is 2.44. The number of fused-ring (bicyclic) bond motifs is 15. The van der Waals surface area contributed by atoms with Gasteiger partial charge in [-0.25, -0.2) is 19.9 Å². The van der Waals surface area contributed by atoms with E-state index < -0.39 is 32.3 Å². The molecule has 6 bridgehead atoms. The molecule has 6 aliphatic heterocycles. The average molecular weight is 1700 g/mol. The van der Waals surface area contributed by atoms with E-state index in [1.54, 1.807) is 73.8 Å². The van der Waals surface area contributed by atoms with Gasteiger partial charge in [-0.1, -0.05) is 52.3 Å². The van der Waals surface area contributed by atoms with Gasteiger partial charge in [0.15, 0.2) is 17.5 Å². The number of hydrogen-bond donors (Lipinski definition) is 3. The van der Waals surface area contributed by atoms with Crippen LogP contribution < -0.4 is 35.6 Å². The molecule has 0 saturated carbocycles. The molecule has 0 aliphatic carbocycles. The van der Waals surface area contributed by atoms with Crippen molar-refractivity contribution in [2.45, 2.75) is 175 Å². The number of nitrogens with one attached hydrogen (secondary N) is 3. The number of ether oxygens (including phenoxy) is 3. The number of nitrogens with zero attached hydrogens (tertiary/aromatic N) is 14. The summed E-state index contributed by atoms with van der Waals surface area (Å²) in [5.41, 5.74) is 3.27. The van der Waals surface area contributed by atoms with Crippen molar-refractivity contribution in [3.63, 3.8) is 0 Å². The molecule has 116 heavy (non-hydrogen) atoms. The van der Waals surface area contributed by atoms with Gasteiger partial charge in [0, 0.05) is 42.1 Å². The van der Waals surface area contributed by atoms with Crippen LogP contribution in [-0.4, -0.2) is 161 Å². The third kappa shape index (κ3) is 20.0. The third-order valence-corrected chi connectivity index (χ3v) is 22.2. The number of halogens is 2. The molecular weight excluding hydrogens is 1610 g/mol. The fourth-order valence-electron chi connectivity index (χ4n) is 12.6. The van der Waals surface area contributed by atoms with Crippen molar-refractivity contribution in [3.05, 3.63) is 203 Å². The molecule has 17 rings (SSSR count). The topological polar surface area (TPSA) is 327 Å². The minimum Gasteiger partial charge on any atom is -0.493 e. The van der Waals surface area contributed by atoms with Crippen LogP contribution in [0.25, 0.3) is 45.8 Å². The molecule has 0 radical (unpaired) electrons. The van der Waals surface area contributed by atoms with Gasteiger partial charge in [-0.2, -0.15) is 0 Å². The Labute approximate surface area is 691 Å². The Kier molecular flexibility index (Phi) is 25.9. The number of aromatic nitrogens is 14. The number of carbonyl (C=O) groups is 3. The van der Waals surface area contributed by atoms with E-state index in [9.17, 15) is 14.4 Å². The number of hydrogen-bond acceptors (Lipinski definition) is 23. The Morgan fingerprint density at radius 1 is 0.379 bits per heavy atom. The van der Waals surface area contributed by atoms with Crippen LogP contribution in [-0.2, 0) is 47.6 Å². The standard InChI is InChI=1S/C24H28BN5O4.C23H20N6O2.C18H16BrN5O2.C12H24B2O4.C5H4BrN/c1-23(2)24(3,4)34-25(33-23)16-10-11-19-17(14-16)22(31)28-20-9-7-8-18(27-20)21-29-26-15-30(21)12-5-6-13-32-19;30-23-17-14-16(18-6-1-2-11-24-18)9-10-20(17)31-13-4-3-12-29-15-25-28-22(29)19-7-5-8-21(26-19)27-23;19-12-6-7-15-13(10-12)18(25)22-16-5-3-4-14(21-16)17-23-20-11-24(17)8-1-2-9-26-15;1-9(2)10(3,4)16-13(15-9)14-17-11(5,6)12(7,8)18-14;6-5-3-1-2-4-7-5/h7-11,14-15H,5-6,12-13H2,1-4H3,(H,27,28,31);1-2,5-11,14-15H,3-4,12-13H2,(H,26,27,30);3-7,10-11H,1-2,8-9H2,(H,21,22,25);1-8H3;1-4H. The summed E-state index contributed by atoms with van der Waals surface area (Å²) in [5.74, 6) is 4.04. The second-order valence-electron chi connectivity index (χ2n) is 31.1. The van der Waals surface area contributed by atoms with Gasteiger partial charge in [0.1, 0.15) is 75.4 Å². The normalized spacial score (nSPS) is 18.1. The fraction of sp³-hybridized carbons (Fsp3) is 0.366. The number of benzene rings is 3. The number of amides is 3. The average Bonchev–Trinajstić information content (AvgIpc) is 1.60. The first-order valence-corrected chi connectivity index (χ1v) is 40.1. The predicted octanol–water partition coefficient (Wildman–Crippen LogP) is 14.5. The van der Waals surface area contributed by atoms with Gasteiger partial charge in [0.25, 0.3) is 17.7 Å². The zero-order chi connectivity index (χ0) is 82.0. The number of anilines is 3. The first kappa shape index (κ1) is 83.5. The van der Waals surface area contributed by atoms with Gasteiger partial charge < -0.3 is 71.8 Å². The molecule has 11 aromatic rings. The molecule has 34 heteroatoms. The van der Waals surface area contributed by atoms with E-state index in [0.29, 0.717) is 106 Å². The molecule has 3 aromatic carbocycles. The first-order valence-electron chi connectivity index (χ1n) is 38.5. The minimum absolute atomic E-state index is 0.274. The molecule has 0 unspecified atom stereocenters. The lowest BCUT2D eigenvalue weighted by molar-refractivity contribution is 0.00578. The largest absolute Gasteiger partial charge is 0.494 e. The van der Waals surface area contributed by atoms with Gasteiger partial charge >= 0.3 is 21.1 Å². The Morgan fingerprint density at radius 2 is 0.750 bits per heavy atom. The molecule has 3 fully saturated rings. The van der Waals surface area contributed by atoms with Gasteiger partial charge in [-0.15, -0.1) is 30.6 Å². The Bertz CT molecular complexity index is 5190. The molecule has 14 heterocycles. The minimum atomic E-state index is -0.580. The second kappa shape index (κ2) is 36.0. The summed E-state index contributed by atoms with van der Waals surface area (Å²) in [6, 6.07) is 44.1. The van der Waals surface area contributed by atoms with E-state index in [2.05, 4.69) is 103 Å². The smallest absolute Gasteiger partial charge is 0.493 e. The lowest BCUT2D eigenvalue weighted by Crippen LogP contribution is -2.41. The maximum absolute atomic E-state index is 13.4. The van der Waals surface area contributed by atoms with Crippen molar-refractivity contribution in [2.24, 2.45) is 0 Å². The number of carbonyl (C=O) groups excluding carboxylic acids is 3. The molecule has 6 aliphatic rings. The third-order valence-electron chi connectivity index (χ3n) is 21.2. The van der Waals surface area contributed by atoms with Crippen molar-refractivity contribution in [1.29, 1.82) is 0 Å². The molecule has 3 amide bonds. The number of pyridine rings is 5. The summed E-state index contributed by atoms with van der Waals surface area (Å²) >= 11 is 6.61. The van der Waals surface area contributed by atoms with Crippen LogP contribution in [0.15, 0.2) is 186 Å². The summed E-state index contributed by atoms with van der Waals surface area (Å²) in [5, 5.41) is 33.2. The first-order chi connectivity index (χ1) is 55.5. The van der Waals surface area contributed by atoms with E-state index in [-0.39, 0.29) is 40.1 Å². The molecule has 600 valence electrons. The van der Waals surface area contributed by atoms with Crippen molar-refractivity contribution in [2.75, 3.05) is 35.8 Å². The van der Waals surface area contributed by atoms with Crippen LogP contribution in [0.5, 0.6) is 17.2 Å². The van der Waals surface area contributed by atoms with E-state index in [1.807, 2.05) is 200 Å². The summed E-state index contributed by atoms with van der Waals surface area (Å²) < 4.78 is 61.6. The highest BCUT2D eigenvalue weighted by atomic mass is 79.9.